The molecule has 138 valence electrons. The first-order chi connectivity index (χ1) is 11.9. The number of rotatable bonds is 3. The van der Waals surface area contributed by atoms with E-state index in [1.54, 1.807) is 0 Å². The number of nitrogens with zero attached hydrogens (tertiary/aromatic N) is 1. The van der Waals surface area contributed by atoms with Crippen molar-refractivity contribution >= 4 is 39.4 Å². The molecule has 1 atom stereocenters. The Morgan fingerprint density at radius 1 is 1.15 bits per heavy atom. The van der Waals surface area contributed by atoms with Crippen LogP contribution in [-0.2, 0) is 14.6 Å². The molecule has 3 aromatic rings. The van der Waals surface area contributed by atoms with Gasteiger partial charge in [-0.3, -0.25) is 18.7 Å². The largest absolute Gasteiger partial charge is 0.347 e. The summed E-state index contributed by atoms with van der Waals surface area (Å²) in [6.45, 7) is 1.10. The van der Waals surface area contributed by atoms with Gasteiger partial charge in [-0.2, -0.15) is 0 Å². The monoisotopic (exact) mass is 399 g/mol. The molecule has 0 aliphatic rings. The van der Waals surface area contributed by atoms with Gasteiger partial charge in [-0.25, -0.2) is 13.6 Å². The SMILES string of the molecule is CC(n1c(=O)c(=O)[nH]c2ccc3c(S(N)(=O)=O)cccc3c21)P(=O)(O)O. The summed E-state index contributed by atoms with van der Waals surface area (Å²) < 4.78 is 36.0. The van der Waals surface area contributed by atoms with Crippen LogP contribution in [0.25, 0.3) is 21.8 Å². The Kier molecular flexibility index (Phi) is 4.17. The van der Waals surface area contributed by atoms with Gasteiger partial charge in [0, 0.05) is 10.8 Å². The van der Waals surface area contributed by atoms with Crippen LogP contribution in [0.15, 0.2) is 44.8 Å². The fourth-order valence-electron chi connectivity index (χ4n) is 2.82. The minimum Gasteiger partial charge on any atom is -0.323 e. The van der Waals surface area contributed by atoms with Crippen molar-refractivity contribution in [1.82, 2.24) is 9.55 Å². The summed E-state index contributed by atoms with van der Waals surface area (Å²) in [6.07, 6.45) is 0. The third-order valence-corrected chi connectivity index (χ3v) is 6.24. The first-order valence-electron chi connectivity index (χ1n) is 7.21. The molecule has 0 aliphatic heterocycles. The summed E-state index contributed by atoms with van der Waals surface area (Å²) >= 11 is 0. The molecule has 2 aromatic carbocycles. The predicted octanol–water partition coefficient (Wildman–Crippen LogP) is 0.187. The molecule has 0 saturated carbocycles. The first-order valence-corrected chi connectivity index (χ1v) is 10.4. The van der Waals surface area contributed by atoms with Gasteiger partial charge in [0.05, 0.1) is 15.9 Å². The molecule has 0 spiro atoms. The van der Waals surface area contributed by atoms with E-state index in [2.05, 4.69) is 4.98 Å². The highest BCUT2D eigenvalue weighted by Gasteiger charge is 2.29. The second-order valence-corrected chi connectivity index (χ2v) is 9.16. The Morgan fingerprint density at radius 3 is 2.38 bits per heavy atom. The topological polar surface area (TPSA) is 173 Å². The average Bonchev–Trinajstić information content (AvgIpc) is 2.53. The van der Waals surface area contributed by atoms with Crippen LogP contribution in [0, 0.1) is 0 Å². The molecular formula is C14H14N3O7PS. The molecule has 1 unspecified atom stereocenters. The highest BCUT2D eigenvalue weighted by molar-refractivity contribution is 7.89. The lowest BCUT2D eigenvalue weighted by Crippen LogP contribution is -2.37. The van der Waals surface area contributed by atoms with Crippen LogP contribution in [0.4, 0.5) is 0 Å². The number of fused-ring (bicyclic) bond motifs is 3. The smallest absolute Gasteiger partial charge is 0.323 e. The summed E-state index contributed by atoms with van der Waals surface area (Å²) in [5.41, 5.74) is -2.11. The van der Waals surface area contributed by atoms with E-state index in [9.17, 15) is 32.4 Å². The summed E-state index contributed by atoms with van der Waals surface area (Å²) in [7, 11) is -8.88. The minimum atomic E-state index is -4.78. The Balaban J connectivity index is 2.64. The van der Waals surface area contributed by atoms with Crippen molar-refractivity contribution in [2.75, 3.05) is 0 Å². The molecule has 0 aliphatic carbocycles. The highest BCUT2D eigenvalue weighted by Crippen LogP contribution is 2.48. The lowest BCUT2D eigenvalue weighted by molar-refractivity contribution is 0.346. The van der Waals surface area contributed by atoms with Crippen molar-refractivity contribution in [2.45, 2.75) is 17.6 Å². The van der Waals surface area contributed by atoms with Crippen LogP contribution in [0.3, 0.4) is 0 Å². The average molecular weight is 399 g/mol. The number of aromatic amines is 1. The molecule has 12 heteroatoms. The Hall–Kier alpha value is -2.30. The molecule has 26 heavy (non-hydrogen) atoms. The number of hydrogen-bond donors (Lipinski definition) is 4. The predicted molar refractivity (Wildman–Crippen MR) is 94.5 cm³/mol. The van der Waals surface area contributed by atoms with E-state index in [1.165, 1.54) is 30.3 Å². The first kappa shape index (κ1) is 18.5. The molecule has 3 rings (SSSR count). The van der Waals surface area contributed by atoms with Crippen LogP contribution in [0.2, 0.25) is 0 Å². The number of sulfonamides is 1. The molecule has 1 aromatic heterocycles. The Bertz CT molecular complexity index is 1320. The number of aromatic nitrogens is 2. The summed E-state index contributed by atoms with van der Waals surface area (Å²) in [5.74, 6) is -1.64. The molecular weight excluding hydrogens is 385 g/mol. The number of nitrogens with two attached hydrogens (primary N) is 1. The zero-order chi connectivity index (χ0) is 19.4. The van der Waals surface area contributed by atoms with Gasteiger partial charge in [0.15, 0.2) is 0 Å². The Labute approximate surface area is 146 Å². The number of H-pyrrole nitrogens is 1. The number of benzene rings is 2. The zero-order valence-corrected chi connectivity index (χ0v) is 15.0. The Morgan fingerprint density at radius 2 is 1.81 bits per heavy atom. The second kappa shape index (κ2) is 5.86. The molecule has 10 nitrogen and oxygen atoms in total. The zero-order valence-electron chi connectivity index (χ0n) is 13.3. The minimum absolute atomic E-state index is 0.00609. The van der Waals surface area contributed by atoms with Gasteiger partial charge in [0.1, 0.15) is 5.78 Å². The van der Waals surface area contributed by atoms with Crippen molar-refractivity contribution in [3.63, 3.8) is 0 Å². The van der Waals surface area contributed by atoms with Gasteiger partial charge in [0.25, 0.3) is 0 Å². The van der Waals surface area contributed by atoms with Crippen LogP contribution in [0.5, 0.6) is 0 Å². The van der Waals surface area contributed by atoms with Gasteiger partial charge in [-0.15, -0.1) is 0 Å². The van der Waals surface area contributed by atoms with Crippen molar-refractivity contribution < 1.29 is 22.8 Å². The maximum absolute atomic E-state index is 12.3. The number of hydrogen-bond acceptors (Lipinski definition) is 5. The molecule has 0 radical (unpaired) electrons. The maximum Gasteiger partial charge on any atom is 0.347 e. The van der Waals surface area contributed by atoms with E-state index < -0.39 is 34.5 Å². The third kappa shape index (κ3) is 2.89. The lowest BCUT2D eigenvalue weighted by atomic mass is 10.1. The lowest BCUT2D eigenvalue weighted by Gasteiger charge is -2.20. The normalized spacial score (nSPS) is 14.0. The highest BCUT2D eigenvalue weighted by atomic mass is 32.2. The standard InChI is InChI=1S/C14H14N3O7PS/c1-7(25(20,21)22)17-12-9-3-2-4-11(26(15,23)24)8(9)5-6-10(12)16-13(18)14(17)19/h2-7H,1H3,(H,16,18)(H2,15,23,24)(H2,20,21,22). The van der Waals surface area contributed by atoms with Crippen LogP contribution in [-0.4, -0.2) is 27.8 Å². The fourth-order valence-corrected chi connectivity index (χ4v) is 4.09. The van der Waals surface area contributed by atoms with Crippen molar-refractivity contribution in [3.05, 3.63) is 51.0 Å². The van der Waals surface area contributed by atoms with E-state index in [-0.39, 0.29) is 26.7 Å². The van der Waals surface area contributed by atoms with Crippen LogP contribution >= 0.6 is 7.60 Å². The number of primary sulfonamides is 1. The van der Waals surface area contributed by atoms with Gasteiger partial charge >= 0.3 is 18.7 Å². The van der Waals surface area contributed by atoms with Gasteiger partial charge in [0.2, 0.25) is 10.0 Å². The van der Waals surface area contributed by atoms with Gasteiger partial charge in [-0.05, 0) is 19.1 Å². The second-order valence-electron chi connectivity index (χ2n) is 5.71. The van der Waals surface area contributed by atoms with E-state index >= 15 is 0 Å². The third-order valence-electron chi connectivity index (χ3n) is 4.06. The molecule has 5 N–H and O–H groups in total. The molecule has 0 bridgehead atoms. The van der Waals surface area contributed by atoms with Crippen molar-refractivity contribution in [2.24, 2.45) is 5.14 Å². The van der Waals surface area contributed by atoms with E-state index in [1.807, 2.05) is 0 Å². The van der Waals surface area contributed by atoms with E-state index in [4.69, 9.17) is 5.14 Å². The summed E-state index contributed by atoms with van der Waals surface area (Å²) in [6, 6.07) is 6.85. The maximum atomic E-state index is 12.3. The van der Waals surface area contributed by atoms with Gasteiger partial charge in [-0.1, -0.05) is 18.2 Å². The van der Waals surface area contributed by atoms with Crippen molar-refractivity contribution in [3.8, 4) is 0 Å². The van der Waals surface area contributed by atoms with Crippen LogP contribution < -0.4 is 16.3 Å². The van der Waals surface area contributed by atoms with E-state index in [0.29, 0.717) is 4.57 Å². The fraction of sp³-hybridized carbons (Fsp3) is 0.143. The quantitative estimate of drug-likeness (QED) is 0.276. The van der Waals surface area contributed by atoms with Crippen molar-refractivity contribution in [1.29, 1.82) is 0 Å². The van der Waals surface area contributed by atoms with Gasteiger partial charge < -0.3 is 14.8 Å². The summed E-state index contributed by atoms with van der Waals surface area (Å²) in [4.78, 5) is 45.3. The summed E-state index contributed by atoms with van der Waals surface area (Å²) in [5, 5.41) is 5.56. The molecule has 1 heterocycles. The molecule has 0 saturated heterocycles. The molecule has 0 fully saturated rings. The number of nitrogens with one attached hydrogen (secondary N) is 1. The van der Waals surface area contributed by atoms with E-state index in [0.717, 1.165) is 6.92 Å². The molecule has 0 amide bonds. The van der Waals surface area contributed by atoms with Crippen LogP contribution in [0.1, 0.15) is 12.7 Å².